The van der Waals surface area contributed by atoms with Gasteiger partial charge in [-0.25, -0.2) is 0 Å². The van der Waals surface area contributed by atoms with E-state index in [2.05, 4.69) is 11.1 Å². The maximum atomic E-state index is 13.6. The highest BCUT2D eigenvalue weighted by Crippen LogP contribution is 2.26. The lowest BCUT2D eigenvalue weighted by molar-refractivity contribution is 0.0985. The molecule has 0 bridgehead atoms. The second-order valence-electron chi connectivity index (χ2n) is 8.21. The van der Waals surface area contributed by atoms with E-state index in [4.69, 9.17) is 0 Å². The maximum Gasteiger partial charge on any atom is 0.258 e. The van der Waals surface area contributed by atoms with E-state index in [1.807, 2.05) is 88.4 Å². The predicted octanol–water partition coefficient (Wildman–Crippen LogP) is 5.61. The molecule has 0 fully saturated rings. The van der Waals surface area contributed by atoms with Gasteiger partial charge in [-0.05, 0) is 68.5 Å². The standard InChI is InChI=1S/C27H26N2O2/c1-17-7-5-10-22(14-17)27(31)29(24-12-11-18(2)13-20(24)4)16-23-15-21-9-6-8-19(3)25(21)28-26(23)30/h5-15H,16H2,1-4H3,(H,28,30). The van der Waals surface area contributed by atoms with Crippen LogP contribution in [0.3, 0.4) is 0 Å². The van der Waals surface area contributed by atoms with E-state index in [0.29, 0.717) is 11.1 Å². The van der Waals surface area contributed by atoms with Gasteiger partial charge in [-0.3, -0.25) is 9.59 Å². The van der Waals surface area contributed by atoms with Crippen molar-refractivity contribution in [1.82, 2.24) is 4.98 Å². The maximum absolute atomic E-state index is 13.6. The number of rotatable bonds is 4. The van der Waals surface area contributed by atoms with Crippen molar-refractivity contribution < 1.29 is 4.79 Å². The van der Waals surface area contributed by atoms with E-state index >= 15 is 0 Å². The van der Waals surface area contributed by atoms with Gasteiger partial charge in [0, 0.05) is 16.8 Å². The van der Waals surface area contributed by atoms with Crippen molar-refractivity contribution in [1.29, 1.82) is 0 Å². The first-order valence-corrected chi connectivity index (χ1v) is 10.4. The van der Waals surface area contributed by atoms with Crippen LogP contribution in [0, 0.1) is 27.7 Å². The zero-order valence-electron chi connectivity index (χ0n) is 18.3. The highest BCUT2D eigenvalue weighted by Gasteiger charge is 2.21. The van der Waals surface area contributed by atoms with Crippen molar-refractivity contribution in [3.63, 3.8) is 0 Å². The van der Waals surface area contributed by atoms with Crippen LogP contribution in [-0.4, -0.2) is 10.9 Å². The van der Waals surface area contributed by atoms with Crippen LogP contribution in [-0.2, 0) is 6.54 Å². The van der Waals surface area contributed by atoms with Crippen molar-refractivity contribution in [3.8, 4) is 0 Å². The van der Waals surface area contributed by atoms with Crippen LogP contribution >= 0.6 is 0 Å². The lowest BCUT2D eigenvalue weighted by Gasteiger charge is -2.25. The first-order chi connectivity index (χ1) is 14.8. The van der Waals surface area contributed by atoms with Crippen LogP contribution in [0.25, 0.3) is 10.9 Å². The molecule has 1 N–H and O–H groups in total. The van der Waals surface area contributed by atoms with Gasteiger partial charge in [0.25, 0.3) is 11.5 Å². The molecule has 31 heavy (non-hydrogen) atoms. The average molecular weight is 411 g/mol. The average Bonchev–Trinajstić information content (AvgIpc) is 2.73. The molecule has 0 unspecified atom stereocenters. The number of carbonyl (C=O) groups is 1. The smallest absolute Gasteiger partial charge is 0.258 e. The molecule has 3 aromatic carbocycles. The number of anilines is 1. The summed E-state index contributed by atoms with van der Waals surface area (Å²) in [6, 6.07) is 21.4. The molecule has 4 nitrogen and oxygen atoms in total. The van der Waals surface area contributed by atoms with Crippen molar-refractivity contribution in [3.05, 3.63) is 110 Å². The van der Waals surface area contributed by atoms with Gasteiger partial charge in [0.05, 0.1) is 12.1 Å². The van der Waals surface area contributed by atoms with Crippen LogP contribution in [0.5, 0.6) is 0 Å². The van der Waals surface area contributed by atoms with Crippen LogP contribution < -0.4 is 10.5 Å². The number of pyridine rings is 1. The Morgan fingerprint density at radius 3 is 2.32 bits per heavy atom. The van der Waals surface area contributed by atoms with Gasteiger partial charge in [0.15, 0.2) is 0 Å². The first kappa shape index (κ1) is 20.6. The van der Waals surface area contributed by atoms with Gasteiger partial charge in [-0.2, -0.15) is 0 Å². The monoisotopic (exact) mass is 410 g/mol. The van der Waals surface area contributed by atoms with E-state index in [0.717, 1.165) is 38.8 Å². The number of carbonyl (C=O) groups excluding carboxylic acids is 1. The number of aryl methyl sites for hydroxylation is 4. The molecule has 0 aliphatic rings. The Morgan fingerprint density at radius 2 is 1.58 bits per heavy atom. The van der Waals surface area contributed by atoms with Gasteiger partial charge >= 0.3 is 0 Å². The van der Waals surface area contributed by atoms with Crippen LogP contribution in [0.4, 0.5) is 5.69 Å². The lowest BCUT2D eigenvalue weighted by Crippen LogP contribution is -2.33. The molecule has 1 amide bonds. The number of benzene rings is 3. The second kappa shape index (κ2) is 8.23. The van der Waals surface area contributed by atoms with Gasteiger partial charge < -0.3 is 9.88 Å². The Labute approximate surface area is 182 Å². The van der Waals surface area contributed by atoms with Gasteiger partial charge in [-0.15, -0.1) is 0 Å². The van der Waals surface area contributed by atoms with Crippen molar-refractivity contribution in [2.75, 3.05) is 4.90 Å². The number of fused-ring (bicyclic) bond motifs is 1. The van der Waals surface area contributed by atoms with E-state index in [9.17, 15) is 9.59 Å². The molecule has 156 valence electrons. The summed E-state index contributed by atoms with van der Waals surface area (Å²) in [6.45, 7) is 8.15. The Morgan fingerprint density at radius 1 is 0.839 bits per heavy atom. The fraction of sp³-hybridized carbons (Fsp3) is 0.185. The molecular formula is C27H26N2O2. The van der Waals surface area contributed by atoms with Crippen LogP contribution in [0.15, 0.2) is 71.5 Å². The van der Waals surface area contributed by atoms with Gasteiger partial charge in [0.2, 0.25) is 0 Å². The molecule has 0 radical (unpaired) electrons. The number of amides is 1. The molecule has 0 saturated heterocycles. The third kappa shape index (κ3) is 4.15. The molecule has 0 aliphatic carbocycles. The Balaban J connectivity index is 1.83. The molecule has 1 aromatic heterocycles. The topological polar surface area (TPSA) is 53.2 Å². The fourth-order valence-corrected chi connectivity index (χ4v) is 4.02. The third-order valence-electron chi connectivity index (χ3n) is 5.65. The summed E-state index contributed by atoms with van der Waals surface area (Å²) >= 11 is 0. The Bertz CT molecular complexity index is 1350. The summed E-state index contributed by atoms with van der Waals surface area (Å²) in [5.41, 5.74) is 6.78. The molecule has 0 aliphatic heterocycles. The zero-order valence-corrected chi connectivity index (χ0v) is 18.3. The molecular weight excluding hydrogens is 384 g/mol. The number of H-pyrrole nitrogens is 1. The summed E-state index contributed by atoms with van der Waals surface area (Å²) in [4.78, 5) is 31.2. The van der Waals surface area contributed by atoms with E-state index in [1.165, 1.54) is 0 Å². The number of nitrogens with zero attached hydrogens (tertiary/aromatic N) is 1. The summed E-state index contributed by atoms with van der Waals surface area (Å²) in [5.74, 6) is -0.126. The molecule has 0 spiro atoms. The van der Waals surface area contributed by atoms with Crippen molar-refractivity contribution >= 4 is 22.5 Å². The number of aromatic nitrogens is 1. The Kier molecular flexibility index (Phi) is 5.47. The number of nitrogens with one attached hydrogen (secondary N) is 1. The molecule has 4 aromatic rings. The minimum Gasteiger partial charge on any atom is -0.321 e. The number of hydrogen-bond donors (Lipinski definition) is 1. The summed E-state index contributed by atoms with van der Waals surface area (Å²) < 4.78 is 0. The van der Waals surface area contributed by atoms with Gasteiger partial charge in [0.1, 0.15) is 0 Å². The van der Waals surface area contributed by atoms with Crippen LogP contribution in [0.2, 0.25) is 0 Å². The quantitative estimate of drug-likeness (QED) is 0.475. The summed E-state index contributed by atoms with van der Waals surface area (Å²) in [6.07, 6.45) is 0. The SMILES string of the molecule is Cc1cccc(C(=O)N(Cc2cc3cccc(C)c3[nH]c2=O)c2ccc(C)cc2C)c1. The third-order valence-corrected chi connectivity index (χ3v) is 5.65. The summed E-state index contributed by atoms with van der Waals surface area (Å²) in [7, 11) is 0. The molecule has 0 atom stereocenters. The van der Waals surface area contributed by atoms with E-state index < -0.39 is 0 Å². The minimum atomic E-state index is -0.173. The summed E-state index contributed by atoms with van der Waals surface area (Å²) in [5, 5.41) is 0.957. The number of para-hydroxylation sites is 1. The Hall–Kier alpha value is -3.66. The molecule has 4 rings (SSSR count). The minimum absolute atomic E-state index is 0.126. The fourth-order valence-electron chi connectivity index (χ4n) is 4.02. The highest BCUT2D eigenvalue weighted by molar-refractivity contribution is 6.06. The number of aromatic amines is 1. The highest BCUT2D eigenvalue weighted by atomic mass is 16.2. The zero-order chi connectivity index (χ0) is 22.1. The largest absolute Gasteiger partial charge is 0.321 e. The van der Waals surface area contributed by atoms with E-state index in [-0.39, 0.29) is 18.0 Å². The van der Waals surface area contributed by atoms with Crippen molar-refractivity contribution in [2.24, 2.45) is 0 Å². The molecule has 1 heterocycles. The van der Waals surface area contributed by atoms with Gasteiger partial charge in [-0.1, -0.05) is 53.6 Å². The first-order valence-electron chi connectivity index (χ1n) is 10.4. The second-order valence-corrected chi connectivity index (χ2v) is 8.21. The molecule has 0 saturated carbocycles. The van der Waals surface area contributed by atoms with E-state index in [1.54, 1.807) is 4.90 Å². The normalized spacial score (nSPS) is 11.0. The van der Waals surface area contributed by atoms with Crippen molar-refractivity contribution in [2.45, 2.75) is 34.2 Å². The predicted molar refractivity (Wildman–Crippen MR) is 127 cm³/mol. The lowest BCUT2D eigenvalue weighted by atomic mass is 10.0. The molecule has 4 heteroatoms. The van der Waals surface area contributed by atoms with Crippen LogP contribution in [0.1, 0.15) is 38.2 Å². The number of hydrogen-bond acceptors (Lipinski definition) is 2.